The van der Waals surface area contributed by atoms with Gasteiger partial charge in [-0.1, -0.05) is 30.3 Å². The lowest BCUT2D eigenvalue weighted by atomic mass is 10.1. The number of para-hydroxylation sites is 3. The van der Waals surface area contributed by atoms with Gasteiger partial charge in [0.2, 0.25) is 0 Å². The van der Waals surface area contributed by atoms with Gasteiger partial charge in [0, 0.05) is 29.7 Å². The number of Topliss-reactive ketones (excluding diaryl/α,β-unsaturated/α-hetero) is 1. The summed E-state index contributed by atoms with van der Waals surface area (Å²) < 4.78 is 2.13. The molecule has 4 aromatic rings. The number of imidazole rings is 1. The van der Waals surface area contributed by atoms with Crippen molar-refractivity contribution in [2.24, 2.45) is 0 Å². The van der Waals surface area contributed by atoms with Crippen molar-refractivity contribution in [1.29, 1.82) is 0 Å². The van der Waals surface area contributed by atoms with E-state index in [0.717, 1.165) is 34.3 Å². The van der Waals surface area contributed by atoms with Gasteiger partial charge < -0.3 is 14.9 Å². The minimum atomic E-state index is -0.569. The summed E-state index contributed by atoms with van der Waals surface area (Å²) in [5.41, 5.74) is 4.07. The highest BCUT2D eigenvalue weighted by Crippen LogP contribution is 2.22. The predicted molar refractivity (Wildman–Crippen MR) is 109 cm³/mol. The predicted octanol–water partition coefficient (Wildman–Crippen LogP) is 3.52. The molecular weight excluding hydrogens is 352 g/mol. The summed E-state index contributed by atoms with van der Waals surface area (Å²) in [4.78, 5) is 32.7. The van der Waals surface area contributed by atoms with Crippen LogP contribution in [0.25, 0.3) is 21.9 Å². The van der Waals surface area contributed by atoms with Crippen LogP contribution in [0.4, 0.5) is 0 Å². The number of hydrogen-bond donors (Lipinski definition) is 2. The molecule has 0 bridgehead atoms. The molecule has 6 heteroatoms. The number of amides is 1. The first kappa shape index (κ1) is 18.0. The van der Waals surface area contributed by atoms with Crippen molar-refractivity contribution in [2.75, 3.05) is 6.54 Å². The minimum absolute atomic E-state index is 0.428. The highest BCUT2D eigenvalue weighted by atomic mass is 16.2. The molecule has 0 atom stereocenters. The van der Waals surface area contributed by atoms with Crippen LogP contribution in [0.15, 0.2) is 48.5 Å². The molecule has 1 amide bonds. The van der Waals surface area contributed by atoms with Crippen LogP contribution in [0, 0.1) is 13.8 Å². The number of ketones is 1. The van der Waals surface area contributed by atoms with Crippen molar-refractivity contribution < 1.29 is 9.59 Å². The molecule has 0 aliphatic carbocycles. The van der Waals surface area contributed by atoms with Crippen molar-refractivity contribution in [3.8, 4) is 0 Å². The Kier molecular flexibility index (Phi) is 4.69. The third-order valence-electron chi connectivity index (χ3n) is 5.02. The van der Waals surface area contributed by atoms with Crippen LogP contribution in [-0.4, -0.2) is 32.8 Å². The highest BCUT2D eigenvalue weighted by Gasteiger charge is 2.22. The summed E-state index contributed by atoms with van der Waals surface area (Å²) in [6.45, 7) is 4.94. The first-order chi connectivity index (χ1) is 13.6. The molecule has 2 aromatic heterocycles. The molecule has 0 radical (unpaired) electrons. The van der Waals surface area contributed by atoms with E-state index in [1.807, 2.05) is 62.4 Å². The van der Waals surface area contributed by atoms with Gasteiger partial charge in [-0.25, -0.2) is 4.98 Å². The van der Waals surface area contributed by atoms with Gasteiger partial charge in [-0.2, -0.15) is 0 Å². The summed E-state index contributed by atoms with van der Waals surface area (Å²) >= 11 is 0. The van der Waals surface area contributed by atoms with Crippen LogP contribution in [0.1, 0.15) is 28.3 Å². The molecule has 142 valence electrons. The number of nitrogens with one attached hydrogen (secondary N) is 2. The third-order valence-corrected chi connectivity index (χ3v) is 5.02. The van der Waals surface area contributed by atoms with Gasteiger partial charge in [0.15, 0.2) is 0 Å². The molecule has 28 heavy (non-hydrogen) atoms. The fourth-order valence-corrected chi connectivity index (χ4v) is 3.68. The second-order valence-electron chi connectivity index (χ2n) is 6.91. The molecule has 0 spiro atoms. The van der Waals surface area contributed by atoms with E-state index in [4.69, 9.17) is 0 Å². The Hall–Kier alpha value is -3.41. The third kappa shape index (κ3) is 3.17. The molecule has 2 aromatic carbocycles. The first-order valence-electron chi connectivity index (χ1n) is 9.38. The van der Waals surface area contributed by atoms with E-state index in [0.29, 0.717) is 24.2 Å². The number of carbonyl (C=O) groups excluding carboxylic acids is 2. The number of aromatic nitrogens is 3. The van der Waals surface area contributed by atoms with E-state index in [9.17, 15) is 9.59 Å². The van der Waals surface area contributed by atoms with Crippen molar-refractivity contribution in [3.63, 3.8) is 0 Å². The fourth-order valence-electron chi connectivity index (χ4n) is 3.68. The Morgan fingerprint density at radius 1 is 1.07 bits per heavy atom. The molecule has 6 nitrogen and oxygen atoms in total. The van der Waals surface area contributed by atoms with Crippen molar-refractivity contribution in [2.45, 2.75) is 26.8 Å². The van der Waals surface area contributed by atoms with E-state index >= 15 is 0 Å². The smallest absolute Gasteiger partial charge is 0.292 e. The van der Waals surface area contributed by atoms with E-state index in [2.05, 4.69) is 19.9 Å². The number of aryl methyl sites for hydroxylation is 3. The van der Waals surface area contributed by atoms with Gasteiger partial charge in [0.25, 0.3) is 11.7 Å². The lowest BCUT2D eigenvalue weighted by molar-refractivity contribution is -0.117. The van der Waals surface area contributed by atoms with Gasteiger partial charge in [0.05, 0.1) is 16.6 Å². The van der Waals surface area contributed by atoms with Gasteiger partial charge >= 0.3 is 0 Å². The quantitative estimate of drug-likeness (QED) is 0.308. The monoisotopic (exact) mass is 374 g/mol. The molecule has 0 aliphatic rings. The summed E-state index contributed by atoms with van der Waals surface area (Å²) in [7, 11) is 0. The van der Waals surface area contributed by atoms with Crippen LogP contribution < -0.4 is 5.32 Å². The lowest BCUT2D eigenvalue weighted by Gasteiger charge is -2.08. The minimum Gasteiger partial charge on any atom is -0.358 e. The Morgan fingerprint density at radius 2 is 1.82 bits per heavy atom. The number of carbonyl (C=O) groups is 2. The molecule has 0 fully saturated rings. The normalized spacial score (nSPS) is 11.2. The van der Waals surface area contributed by atoms with Crippen LogP contribution in [0.2, 0.25) is 0 Å². The number of hydrogen-bond acceptors (Lipinski definition) is 3. The highest BCUT2D eigenvalue weighted by molar-refractivity contribution is 6.45. The number of benzene rings is 2. The molecular formula is C22H22N4O2. The van der Waals surface area contributed by atoms with Crippen LogP contribution in [0.3, 0.4) is 0 Å². The van der Waals surface area contributed by atoms with Gasteiger partial charge in [-0.15, -0.1) is 0 Å². The molecule has 4 rings (SSSR count). The molecule has 0 unspecified atom stereocenters. The zero-order valence-electron chi connectivity index (χ0n) is 16.0. The maximum atomic E-state index is 12.6. The largest absolute Gasteiger partial charge is 0.358 e. The topological polar surface area (TPSA) is 79.8 Å². The average molecular weight is 374 g/mol. The lowest BCUT2D eigenvalue weighted by Crippen LogP contribution is -2.32. The van der Waals surface area contributed by atoms with Gasteiger partial charge in [-0.05, 0) is 38.5 Å². The Morgan fingerprint density at radius 3 is 2.68 bits per heavy atom. The number of fused-ring (bicyclic) bond motifs is 2. The Labute approximate surface area is 162 Å². The zero-order chi connectivity index (χ0) is 19.7. The van der Waals surface area contributed by atoms with Gasteiger partial charge in [0.1, 0.15) is 5.82 Å². The fraction of sp³-hybridized carbons (Fsp3) is 0.227. The van der Waals surface area contributed by atoms with Crippen molar-refractivity contribution in [1.82, 2.24) is 19.9 Å². The second kappa shape index (κ2) is 7.31. The molecule has 0 saturated heterocycles. The summed E-state index contributed by atoms with van der Waals surface area (Å²) in [6, 6.07) is 15.5. The van der Waals surface area contributed by atoms with Gasteiger partial charge in [-0.3, -0.25) is 9.59 Å². The van der Waals surface area contributed by atoms with Crippen molar-refractivity contribution >= 4 is 33.6 Å². The first-order valence-corrected chi connectivity index (χ1v) is 9.38. The van der Waals surface area contributed by atoms with E-state index in [1.54, 1.807) is 0 Å². The van der Waals surface area contributed by atoms with Crippen LogP contribution in [0.5, 0.6) is 0 Å². The molecule has 2 heterocycles. The summed E-state index contributed by atoms with van der Waals surface area (Å²) in [5.74, 6) is -0.128. The van der Waals surface area contributed by atoms with E-state index < -0.39 is 11.7 Å². The molecule has 2 N–H and O–H groups in total. The number of rotatable bonds is 6. The van der Waals surface area contributed by atoms with E-state index in [-0.39, 0.29) is 0 Å². The summed E-state index contributed by atoms with van der Waals surface area (Å²) in [5, 5.41) is 3.53. The Bertz CT molecular complexity index is 1190. The second-order valence-corrected chi connectivity index (χ2v) is 6.91. The Balaban J connectivity index is 1.40. The zero-order valence-corrected chi connectivity index (χ0v) is 16.0. The van der Waals surface area contributed by atoms with Crippen molar-refractivity contribution in [3.05, 3.63) is 65.6 Å². The maximum absolute atomic E-state index is 12.6. The van der Waals surface area contributed by atoms with E-state index in [1.165, 1.54) is 0 Å². The maximum Gasteiger partial charge on any atom is 0.292 e. The molecule has 0 saturated carbocycles. The van der Waals surface area contributed by atoms with Crippen LogP contribution >= 0.6 is 0 Å². The number of nitrogens with zero attached hydrogens (tertiary/aromatic N) is 2. The standard InChI is InChI=1S/C22H22N4O2/c1-14-20(16-8-3-4-9-17(16)24-14)21(27)22(28)23-12-7-13-26-15(2)25-18-10-5-6-11-19(18)26/h3-6,8-11,24H,7,12-13H2,1-2H3,(H,23,28). The average Bonchev–Trinajstić information content (AvgIpc) is 3.19. The van der Waals surface area contributed by atoms with Crippen LogP contribution in [-0.2, 0) is 11.3 Å². The SMILES string of the molecule is Cc1[nH]c2ccccc2c1C(=O)C(=O)NCCCn1c(C)nc2ccccc21. The number of H-pyrrole nitrogens is 1. The number of aromatic amines is 1. The summed E-state index contributed by atoms with van der Waals surface area (Å²) in [6.07, 6.45) is 0.715. The molecule has 0 aliphatic heterocycles.